The zero-order valence-corrected chi connectivity index (χ0v) is 11.0. The van der Waals surface area contributed by atoms with E-state index in [1.165, 1.54) is 0 Å². The van der Waals surface area contributed by atoms with Crippen LogP contribution in [0.25, 0.3) is 0 Å². The second-order valence-electron chi connectivity index (χ2n) is 4.87. The lowest BCUT2D eigenvalue weighted by Crippen LogP contribution is -2.41. The molecule has 0 bridgehead atoms. The highest BCUT2D eigenvalue weighted by atomic mass is 16.2. The largest absolute Gasteiger partial charge is 0.354 e. The average Bonchev–Trinajstić information content (AvgIpc) is 3.05. The summed E-state index contributed by atoms with van der Waals surface area (Å²) in [7, 11) is 3.96. The van der Waals surface area contributed by atoms with Crippen LogP contribution in [0.15, 0.2) is 0 Å². The average molecular weight is 241 g/mol. The fraction of sp³-hybridized carbons (Fsp3) is 0.833. The smallest absolute Gasteiger partial charge is 0.223 e. The van der Waals surface area contributed by atoms with E-state index in [0.717, 1.165) is 19.4 Å². The lowest BCUT2D eigenvalue weighted by atomic mass is 10.4. The molecule has 0 aliphatic heterocycles. The molecule has 98 valence electrons. The zero-order valence-electron chi connectivity index (χ0n) is 11.0. The van der Waals surface area contributed by atoms with Gasteiger partial charge >= 0.3 is 0 Å². The number of carbonyl (C=O) groups is 2. The predicted octanol–water partition coefficient (Wildman–Crippen LogP) is -0.0773. The van der Waals surface area contributed by atoms with Crippen molar-refractivity contribution in [2.45, 2.75) is 19.8 Å². The SMILES string of the molecule is CC(=O)N(CCNC(=O)C1CC1)CCN(C)C. The molecule has 1 aliphatic rings. The summed E-state index contributed by atoms with van der Waals surface area (Å²) in [5.74, 6) is 0.441. The number of nitrogens with one attached hydrogen (secondary N) is 1. The molecule has 1 N–H and O–H groups in total. The van der Waals surface area contributed by atoms with E-state index in [2.05, 4.69) is 5.32 Å². The highest BCUT2D eigenvalue weighted by Gasteiger charge is 2.29. The van der Waals surface area contributed by atoms with Gasteiger partial charge in [0.1, 0.15) is 0 Å². The van der Waals surface area contributed by atoms with E-state index in [4.69, 9.17) is 0 Å². The van der Waals surface area contributed by atoms with Crippen LogP contribution in [0.4, 0.5) is 0 Å². The summed E-state index contributed by atoms with van der Waals surface area (Å²) < 4.78 is 0. The molecule has 1 saturated carbocycles. The third-order valence-corrected chi connectivity index (χ3v) is 2.89. The van der Waals surface area contributed by atoms with Crippen LogP contribution in [-0.2, 0) is 9.59 Å². The van der Waals surface area contributed by atoms with E-state index in [1.54, 1.807) is 11.8 Å². The number of carbonyl (C=O) groups excluding carboxylic acids is 2. The Bertz CT molecular complexity index is 275. The Hall–Kier alpha value is -1.10. The van der Waals surface area contributed by atoms with Crippen LogP contribution in [0.3, 0.4) is 0 Å². The van der Waals surface area contributed by atoms with Crippen LogP contribution < -0.4 is 5.32 Å². The Labute approximate surface area is 103 Å². The first-order valence-corrected chi connectivity index (χ1v) is 6.18. The number of hydrogen-bond acceptors (Lipinski definition) is 3. The first-order chi connectivity index (χ1) is 8.00. The molecule has 0 aromatic rings. The molecular weight excluding hydrogens is 218 g/mol. The van der Waals surface area contributed by atoms with Crippen LogP contribution in [0.2, 0.25) is 0 Å². The molecular formula is C12H23N3O2. The number of amides is 2. The summed E-state index contributed by atoms with van der Waals surface area (Å²) in [6, 6.07) is 0. The van der Waals surface area contributed by atoms with Crippen molar-refractivity contribution in [3.63, 3.8) is 0 Å². The zero-order chi connectivity index (χ0) is 12.8. The molecule has 2 amide bonds. The minimum Gasteiger partial charge on any atom is -0.354 e. The highest BCUT2D eigenvalue weighted by Crippen LogP contribution is 2.28. The first kappa shape index (κ1) is 14.0. The van der Waals surface area contributed by atoms with Gasteiger partial charge < -0.3 is 15.1 Å². The molecule has 0 aromatic heterocycles. The molecule has 0 aromatic carbocycles. The van der Waals surface area contributed by atoms with Gasteiger partial charge in [-0.25, -0.2) is 0 Å². The minimum absolute atomic E-state index is 0.0625. The quantitative estimate of drug-likeness (QED) is 0.678. The monoisotopic (exact) mass is 241 g/mol. The molecule has 17 heavy (non-hydrogen) atoms. The summed E-state index contributed by atoms with van der Waals surface area (Å²) in [5.41, 5.74) is 0. The standard InChI is InChI=1S/C12H23N3O2/c1-10(16)15(9-8-14(2)3)7-6-13-12(17)11-4-5-11/h11H,4-9H2,1-3H3,(H,13,17). The lowest BCUT2D eigenvalue weighted by Gasteiger charge is -2.23. The van der Waals surface area contributed by atoms with Gasteiger partial charge in [-0.3, -0.25) is 9.59 Å². The van der Waals surface area contributed by atoms with Crippen LogP contribution in [0.5, 0.6) is 0 Å². The van der Waals surface area contributed by atoms with E-state index >= 15 is 0 Å². The molecule has 0 heterocycles. The Morgan fingerprint density at radius 2 is 1.82 bits per heavy atom. The maximum atomic E-state index is 11.4. The molecule has 0 saturated heterocycles. The fourth-order valence-electron chi connectivity index (χ4n) is 1.55. The van der Waals surface area contributed by atoms with Gasteiger partial charge in [-0.1, -0.05) is 0 Å². The van der Waals surface area contributed by atoms with Crippen molar-refractivity contribution in [3.05, 3.63) is 0 Å². The maximum Gasteiger partial charge on any atom is 0.223 e. The van der Waals surface area contributed by atoms with Crippen LogP contribution in [0, 0.1) is 5.92 Å². The van der Waals surface area contributed by atoms with Crippen LogP contribution in [0.1, 0.15) is 19.8 Å². The van der Waals surface area contributed by atoms with E-state index in [-0.39, 0.29) is 17.7 Å². The molecule has 0 radical (unpaired) electrons. The molecule has 0 atom stereocenters. The van der Waals surface area contributed by atoms with Crippen LogP contribution in [-0.4, -0.2) is 61.9 Å². The van der Waals surface area contributed by atoms with Gasteiger partial charge in [-0.05, 0) is 26.9 Å². The normalized spacial score (nSPS) is 14.8. The molecule has 1 rings (SSSR count). The van der Waals surface area contributed by atoms with Gasteiger partial charge in [0.15, 0.2) is 0 Å². The molecule has 0 spiro atoms. The van der Waals surface area contributed by atoms with Crippen molar-refractivity contribution in [1.82, 2.24) is 15.1 Å². The predicted molar refractivity (Wildman–Crippen MR) is 66.5 cm³/mol. The highest BCUT2D eigenvalue weighted by molar-refractivity contribution is 5.80. The van der Waals surface area contributed by atoms with Crippen molar-refractivity contribution >= 4 is 11.8 Å². The summed E-state index contributed by atoms with van der Waals surface area (Å²) in [4.78, 5) is 26.6. The number of rotatable bonds is 7. The first-order valence-electron chi connectivity index (χ1n) is 6.18. The lowest BCUT2D eigenvalue weighted by molar-refractivity contribution is -0.129. The third kappa shape index (κ3) is 5.68. The molecule has 5 nitrogen and oxygen atoms in total. The van der Waals surface area contributed by atoms with Gasteiger partial charge in [0.2, 0.25) is 11.8 Å². The maximum absolute atomic E-state index is 11.4. The Kier molecular flexibility index (Phi) is 5.41. The van der Waals surface area contributed by atoms with Gasteiger partial charge in [-0.15, -0.1) is 0 Å². The minimum atomic E-state index is 0.0625. The summed E-state index contributed by atoms with van der Waals surface area (Å²) >= 11 is 0. The van der Waals surface area contributed by atoms with Crippen molar-refractivity contribution in [2.24, 2.45) is 5.92 Å². The van der Waals surface area contributed by atoms with Crippen molar-refractivity contribution in [1.29, 1.82) is 0 Å². The van der Waals surface area contributed by atoms with Crippen LogP contribution >= 0.6 is 0 Å². The Balaban J connectivity index is 2.18. The summed E-state index contributed by atoms with van der Waals surface area (Å²) in [5, 5.41) is 2.87. The summed E-state index contributed by atoms with van der Waals surface area (Å²) in [6.45, 7) is 4.28. The third-order valence-electron chi connectivity index (χ3n) is 2.89. The van der Waals surface area contributed by atoms with Gasteiger partial charge in [0.25, 0.3) is 0 Å². The van der Waals surface area contributed by atoms with E-state index < -0.39 is 0 Å². The van der Waals surface area contributed by atoms with E-state index in [0.29, 0.717) is 19.6 Å². The van der Waals surface area contributed by atoms with E-state index in [1.807, 2.05) is 19.0 Å². The molecule has 1 fully saturated rings. The van der Waals surface area contributed by atoms with Crippen molar-refractivity contribution < 1.29 is 9.59 Å². The van der Waals surface area contributed by atoms with Gasteiger partial charge in [0.05, 0.1) is 0 Å². The number of likely N-dealkylation sites (N-methyl/N-ethyl adjacent to an activating group) is 1. The van der Waals surface area contributed by atoms with Gasteiger partial charge in [-0.2, -0.15) is 0 Å². The fourth-order valence-corrected chi connectivity index (χ4v) is 1.55. The van der Waals surface area contributed by atoms with Crippen molar-refractivity contribution in [3.8, 4) is 0 Å². The Morgan fingerprint density at radius 1 is 1.18 bits per heavy atom. The van der Waals surface area contributed by atoms with Crippen molar-refractivity contribution in [2.75, 3.05) is 40.3 Å². The molecule has 1 aliphatic carbocycles. The molecule has 0 unspecified atom stereocenters. The number of nitrogens with zero attached hydrogens (tertiary/aromatic N) is 2. The van der Waals surface area contributed by atoms with E-state index in [9.17, 15) is 9.59 Å². The Morgan fingerprint density at radius 3 is 2.29 bits per heavy atom. The summed E-state index contributed by atoms with van der Waals surface area (Å²) in [6.07, 6.45) is 2.03. The number of hydrogen-bond donors (Lipinski definition) is 1. The van der Waals surface area contributed by atoms with Gasteiger partial charge in [0, 0.05) is 39.0 Å². The molecule has 5 heteroatoms. The second-order valence-corrected chi connectivity index (χ2v) is 4.87. The topological polar surface area (TPSA) is 52.7 Å². The second kappa shape index (κ2) is 6.59.